The van der Waals surface area contributed by atoms with E-state index in [1.807, 2.05) is 13.0 Å². The number of amides is 1. The van der Waals surface area contributed by atoms with Crippen LogP contribution in [0.2, 0.25) is 5.02 Å². The molecule has 6 nitrogen and oxygen atoms in total. The van der Waals surface area contributed by atoms with Gasteiger partial charge in [0.05, 0.1) is 11.2 Å². The van der Waals surface area contributed by atoms with E-state index in [0.29, 0.717) is 11.4 Å². The van der Waals surface area contributed by atoms with Crippen molar-refractivity contribution in [1.82, 2.24) is 10.0 Å². The van der Waals surface area contributed by atoms with Gasteiger partial charge in [0.15, 0.2) is 0 Å². The average Bonchev–Trinajstić information content (AvgIpc) is 2.99. The summed E-state index contributed by atoms with van der Waals surface area (Å²) < 4.78 is 31.8. The van der Waals surface area contributed by atoms with E-state index in [9.17, 15) is 13.2 Å². The fraction of sp³-hybridized carbons (Fsp3) is 0.312. The Labute approximate surface area is 146 Å². The monoisotopic (exact) mass is 370 g/mol. The molecule has 0 spiro atoms. The number of hydrogen-bond acceptors (Lipinski definition) is 4. The number of sulfonamides is 1. The molecule has 0 fully saturated rings. The molecule has 2 N–H and O–H groups in total. The lowest BCUT2D eigenvalue weighted by molar-refractivity contribution is -0.121. The van der Waals surface area contributed by atoms with Crippen LogP contribution in [0.5, 0.6) is 0 Å². The van der Waals surface area contributed by atoms with E-state index < -0.39 is 10.0 Å². The van der Waals surface area contributed by atoms with Crippen molar-refractivity contribution in [1.29, 1.82) is 0 Å². The predicted molar refractivity (Wildman–Crippen MR) is 91.3 cm³/mol. The summed E-state index contributed by atoms with van der Waals surface area (Å²) in [6.45, 7) is 1.87. The molecule has 1 heterocycles. The van der Waals surface area contributed by atoms with Gasteiger partial charge in [-0.3, -0.25) is 4.79 Å². The number of benzene rings is 1. The minimum Gasteiger partial charge on any atom is -0.469 e. The molecule has 0 radical (unpaired) electrons. The van der Waals surface area contributed by atoms with Crippen molar-refractivity contribution >= 4 is 27.5 Å². The molecule has 2 aromatic rings. The number of nitrogens with one attached hydrogen (secondary N) is 2. The highest BCUT2D eigenvalue weighted by Gasteiger charge is 2.15. The van der Waals surface area contributed by atoms with Crippen LogP contribution in [0.4, 0.5) is 0 Å². The Balaban J connectivity index is 1.77. The zero-order valence-corrected chi connectivity index (χ0v) is 14.7. The van der Waals surface area contributed by atoms with E-state index in [1.54, 1.807) is 24.5 Å². The van der Waals surface area contributed by atoms with Gasteiger partial charge < -0.3 is 9.73 Å². The average molecular weight is 371 g/mol. The summed E-state index contributed by atoms with van der Waals surface area (Å²) >= 11 is 5.79. The van der Waals surface area contributed by atoms with E-state index in [-0.39, 0.29) is 29.8 Å². The van der Waals surface area contributed by atoms with Crippen molar-refractivity contribution in [3.8, 4) is 0 Å². The highest BCUT2D eigenvalue weighted by atomic mass is 35.5. The van der Waals surface area contributed by atoms with Gasteiger partial charge in [0, 0.05) is 30.5 Å². The quantitative estimate of drug-likeness (QED) is 0.746. The van der Waals surface area contributed by atoms with Crippen LogP contribution in [0.1, 0.15) is 19.1 Å². The van der Waals surface area contributed by atoms with Gasteiger partial charge in [-0.25, -0.2) is 13.1 Å². The number of halogens is 1. The lowest BCUT2D eigenvalue weighted by Gasteiger charge is -2.13. The van der Waals surface area contributed by atoms with Gasteiger partial charge in [-0.05, 0) is 37.3 Å². The van der Waals surface area contributed by atoms with Crippen LogP contribution in [-0.4, -0.2) is 26.9 Å². The van der Waals surface area contributed by atoms with Gasteiger partial charge in [-0.15, -0.1) is 0 Å². The molecule has 1 unspecified atom stereocenters. The SMILES string of the molecule is CC(Cc1ccco1)NC(=O)CCNS(=O)(=O)c1cccc(Cl)c1. The summed E-state index contributed by atoms with van der Waals surface area (Å²) in [5, 5.41) is 3.13. The van der Waals surface area contributed by atoms with Crippen LogP contribution in [-0.2, 0) is 21.2 Å². The first kappa shape index (κ1) is 18.5. The Morgan fingerprint density at radius 2 is 2.08 bits per heavy atom. The topological polar surface area (TPSA) is 88.4 Å². The van der Waals surface area contributed by atoms with Gasteiger partial charge in [0.25, 0.3) is 0 Å². The summed E-state index contributed by atoms with van der Waals surface area (Å²) in [6, 6.07) is 9.47. The van der Waals surface area contributed by atoms with Crippen LogP contribution in [0, 0.1) is 0 Å². The van der Waals surface area contributed by atoms with Gasteiger partial charge in [0.2, 0.25) is 15.9 Å². The molecule has 1 amide bonds. The van der Waals surface area contributed by atoms with E-state index in [4.69, 9.17) is 16.0 Å². The van der Waals surface area contributed by atoms with Crippen LogP contribution < -0.4 is 10.0 Å². The molecule has 0 bridgehead atoms. The fourth-order valence-electron chi connectivity index (χ4n) is 2.14. The second kappa shape index (κ2) is 8.32. The smallest absolute Gasteiger partial charge is 0.240 e. The zero-order valence-electron chi connectivity index (χ0n) is 13.2. The maximum Gasteiger partial charge on any atom is 0.240 e. The summed E-state index contributed by atoms with van der Waals surface area (Å²) in [4.78, 5) is 11.9. The normalized spacial score (nSPS) is 12.8. The van der Waals surface area contributed by atoms with Crippen molar-refractivity contribution in [2.75, 3.05) is 6.54 Å². The van der Waals surface area contributed by atoms with Crippen LogP contribution in [0.15, 0.2) is 52.0 Å². The van der Waals surface area contributed by atoms with Crippen molar-refractivity contribution < 1.29 is 17.6 Å². The molecule has 24 heavy (non-hydrogen) atoms. The standard InChI is InChI=1S/C16H19ClN2O4S/c1-12(10-14-5-3-9-23-14)19-16(20)7-8-18-24(21,22)15-6-2-4-13(17)11-15/h2-6,9,11-12,18H,7-8,10H2,1H3,(H,19,20). The number of furan rings is 1. The van der Waals surface area contributed by atoms with Gasteiger partial charge >= 0.3 is 0 Å². The molecule has 0 aliphatic rings. The minimum atomic E-state index is -3.68. The van der Waals surface area contributed by atoms with Crippen LogP contribution in [0.3, 0.4) is 0 Å². The largest absolute Gasteiger partial charge is 0.469 e. The molecular weight excluding hydrogens is 352 g/mol. The Hall–Kier alpha value is -1.83. The molecule has 8 heteroatoms. The lowest BCUT2D eigenvalue weighted by Crippen LogP contribution is -2.36. The molecule has 1 aromatic heterocycles. The molecule has 1 aromatic carbocycles. The third-order valence-corrected chi connectivity index (χ3v) is 4.94. The van der Waals surface area contributed by atoms with Gasteiger partial charge in [-0.1, -0.05) is 17.7 Å². The van der Waals surface area contributed by atoms with Gasteiger partial charge in [0.1, 0.15) is 5.76 Å². The Bertz CT molecular complexity index is 775. The second-order valence-electron chi connectivity index (χ2n) is 5.36. The van der Waals surface area contributed by atoms with Crippen molar-refractivity contribution in [3.63, 3.8) is 0 Å². The van der Waals surface area contributed by atoms with Crippen LogP contribution >= 0.6 is 11.6 Å². The number of carbonyl (C=O) groups excluding carboxylic acids is 1. The minimum absolute atomic E-state index is 0.00809. The lowest BCUT2D eigenvalue weighted by atomic mass is 10.2. The molecule has 0 aliphatic carbocycles. The van der Waals surface area contributed by atoms with Gasteiger partial charge in [-0.2, -0.15) is 0 Å². The van der Waals surface area contributed by atoms with Crippen LogP contribution in [0.25, 0.3) is 0 Å². The van der Waals surface area contributed by atoms with Crippen molar-refractivity contribution in [2.45, 2.75) is 30.7 Å². The fourth-order valence-corrected chi connectivity index (χ4v) is 3.48. The number of rotatable bonds is 8. The Morgan fingerprint density at radius 3 is 2.75 bits per heavy atom. The summed E-state index contributed by atoms with van der Waals surface area (Å²) in [7, 11) is -3.68. The van der Waals surface area contributed by atoms with E-state index in [0.717, 1.165) is 5.76 Å². The van der Waals surface area contributed by atoms with E-state index in [1.165, 1.54) is 12.1 Å². The molecule has 0 aliphatic heterocycles. The number of hydrogen-bond donors (Lipinski definition) is 2. The highest BCUT2D eigenvalue weighted by Crippen LogP contribution is 2.15. The molecule has 0 saturated carbocycles. The maximum absolute atomic E-state index is 12.1. The first-order valence-corrected chi connectivity index (χ1v) is 9.30. The highest BCUT2D eigenvalue weighted by molar-refractivity contribution is 7.89. The molecule has 2 rings (SSSR count). The molecule has 1 atom stereocenters. The zero-order chi connectivity index (χ0) is 17.6. The Morgan fingerprint density at radius 1 is 1.29 bits per heavy atom. The first-order chi connectivity index (χ1) is 11.4. The summed E-state index contributed by atoms with van der Waals surface area (Å²) in [5.41, 5.74) is 0. The predicted octanol–water partition coefficient (Wildman–Crippen LogP) is 2.35. The second-order valence-corrected chi connectivity index (χ2v) is 7.56. The van der Waals surface area contributed by atoms with E-state index >= 15 is 0 Å². The third kappa shape index (κ3) is 5.67. The molecular formula is C16H19ClN2O4S. The molecule has 0 saturated heterocycles. The van der Waals surface area contributed by atoms with E-state index in [2.05, 4.69) is 10.0 Å². The number of carbonyl (C=O) groups is 1. The Kier molecular flexibility index (Phi) is 6.42. The first-order valence-electron chi connectivity index (χ1n) is 7.44. The maximum atomic E-state index is 12.1. The molecule has 130 valence electrons. The van der Waals surface area contributed by atoms with Crippen molar-refractivity contribution in [2.24, 2.45) is 0 Å². The third-order valence-electron chi connectivity index (χ3n) is 3.25. The summed E-state index contributed by atoms with van der Waals surface area (Å²) in [5.74, 6) is 0.548. The summed E-state index contributed by atoms with van der Waals surface area (Å²) in [6.07, 6.45) is 2.20. The van der Waals surface area contributed by atoms with Crippen molar-refractivity contribution in [3.05, 3.63) is 53.4 Å².